The minimum absolute atomic E-state index is 0.168. The van der Waals surface area contributed by atoms with E-state index in [-0.39, 0.29) is 5.56 Å². The molecule has 0 atom stereocenters. The zero-order valence-corrected chi connectivity index (χ0v) is 13.5. The van der Waals surface area contributed by atoms with E-state index in [2.05, 4.69) is 20.3 Å². The highest BCUT2D eigenvalue weighted by atomic mass is 16.1. The largest absolute Gasteiger partial charge is 0.324 e. The third-order valence-electron chi connectivity index (χ3n) is 3.79. The molecule has 25 heavy (non-hydrogen) atoms. The van der Waals surface area contributed by atoms with Crippen molar-refractivity contribution in [3.8, 4) is 5.69 Å². The number of nitrogens with one attached hydrogen (secondary N) is 1. The Labute approximate surface area is 143 Å². The lowest BCUT2D eigenvalue weighted by molar-refractivity contribution is 0.966. The van der Waals surface area contributed by atoms with Crippen molar-refractivity contribution in [3.05, 3.63) is 83.0 Å². The summed E-state index contributed by atoms with van der Waals surface area (Å²) in [6, 6.07) is 14.9. The summed E-state index contributed by atoms with van der Waals surface area (Å²) in [5.41, 5.74) is 2.63. The van der Waals surface area contributed by atoms with Gasteiger partial charge < -0.3 is 5.32 Å². The monoisotopic (exact) mass is 329 g/mol. The highest BCUT2D eigenvalue weighted by molar-refractivity contribution is 5.76. The molecule has 0 bridgehead atoms. The maximum Gasteiger partial charge on any atom is 0.269 e. The number of pyridine rings is 2. The molecule has 3 aromatic heterocycles. The standard InChI is InChI=1S/C19H15N5O/c1-13-10-16-17(21-11-13)23-19(22-14-6-5-9-20-12-14)24(18(16)25)15-7-3-2-4-8-15/h2-12H,1H3,(H,21,22,23). The van der Waals surface area contributed by atoms with Crippen LogP contribution in [0.5, 0.6) is 0 Å². The molecular formula is C19H15N5O. The van der Waals surface area contributed by atoms with Crippen LogP contribution >= 0.6 is 0 Å². The highest BCUT2D eigenvalue weighted by Crippen LogP contribution is 2.19. The second-order valence-electron chi connectivity index (χ2n) is 5.66. The molecule has 0 aliphatic rings. The second kappa shape index (κ2) is 6.16. The molecule has 1 aromatic carbocycles. The highest BCUT2D eigenvalue weighted by Gasteiger charge is 2.14. The zero-order valence-electron chi connectivity index (χ0n) is 13.5. The first-order valence-electron chi connectivity index (χ1n) is 7.84. The normalized spacial score (nSPS) is 10.8. The molecule has 122 valence electrons. The van der Waals surface area contributed by atoms with Gasteiger partial charge in [0.25, 0.3) is 5.56 Å². The third kappa shape index (κ3) is 2.85. The predicted molar refractivity (Wildman–Crippen MR) is 97.4 cm³/mol. The number of anilines is 2. The topological polar surface area (TPSA) is 72.7 Å². The number of aromatic nitrogens is 4. The van der Waals surface area contributed by atoms with E-state index in [0.717, 1.165) is 16.9 Å². The number of aryl methyl sites for hydroxylation is 1. The van der Waals surface area contributed by atoms with Gasteiger partial charge in [0.1, 0.15) is 0 Å². The lowest BCUT2D eigenvalue weighted by Crippen LogP contribution is -2.23. The first-order valence-corrected chi connectivity index (χ1v) is 7.84. The number of hydrogen-bond acceptors (Lipinski definition) is 5. The van der Waals surface area contributed by atoms with Crippen LogP contribution in [0.4, 0.5) is 11.6 Å². The molecule has 1 N–H and O–H groups in total. The molecule has 6 nitrogen and oxygen atoms in total. The molecule has 0 saturated carbocycles. The van der Waals surface area contributed by atoms with Crippen LogP contribution in [0.15, 0.2) is 71.9 Å². The van der Waals surface area contributed by atoms with Gasteiger partial charge in [-0.15, -0.1) is 0 Å². The van der Waals surface area contributed by atoms with Crippen molar-refractivity contribution in [2.24, 2.45) is 0 Å². The van der Waals surface area contributed by atoms with Crippen LogP contribution in [0.2, 0.25) is 0 Å². The summed E-state index contributed by atoms with van der Waals surface area (Å²) in [5, 5.41) is 3.65. The predicted octanol–water partition coefficient (Wildman–Crippen LogP) is 3.23. The summed E-state index contributed by atoms with van der Waals surface area (Å²) in [6.45, 7) is 1.90. The van der Waals surface area contributed by atoms with Gasteiger partial charge in [0.15, 0.2) is 5.65 Å². The molecule has 0 aliphatic carbocycles. The number of fused-ring (bicyclic) bond motifs is 1. The van der Waals surface area contributed by atoms with E-state index in [1.807, 2.05) is 55.5 Å². The number of para-hydroxylation sites is 1. The fraction of sp³-hybridized carbons (Fsp3) is 0.0526. The first kappa shape index (κ1) is 15.0. The average molecular weight is 329 g/mol. The van der Waals surface area contributed by atoms with Crippen LogP contribution in [0.1, 0.15) is 5.56 Å². The van der Waals surface area contributed by atoms with Crippen molar-refractivity contribution in [2.75, 3.05) is 5.32 Å². The summed E-state index contributed by atoms with van der Waals surface area (Å²) in [5.74, 6) is 0.396. The van der Waals surface area contributed by atoms with Gasteiger partial charge in [-0.1, -0.05) is 18.2 Å². The summed E-state index contributed by atoms with van der Waals surface area (Å²) in [6.07, 6.45) is 5.07. The Morgan fingerprint density at radius 3 is 2.64 bits per heavy atom. The lowest BCUT2D eigenvalue weighted by atomic mass is 10.2. The van der Waals surface area contributed by atoms with Crippen molar-refractivity contribution in [1.82, 2.24) is 19.5 Å². The zero-order chi connectivity index (χ0) is 17.2. The molecule has 4 rings (SSSR count). The lowest BCUT2D eigenvalue weighted by Gasteiger charge is -2.14. The molecule has 3 heterocycles. The Balaban J connectivity index is 1.99. The summed E-state index contributed by atoms with van der Waals surface area (Å²) in [7, 11) is 0. The van der Waals surface area contributed by atoms with Crippen molar-refractivity contribution in [2.45, 2.75) is 6.92 Å². The maximum absolute atomic E-state index is 13.1. The molecular weight excluding hydrogens is 314 g/mol. The summed E-state index contributed by atoms with van der Waals surface area (Å²) < 4.78 is 1.55. The van der Waals surface area contributed by atoms with Gasteiger partial charge in [-0.3, -0.25) is 9.78 Å². The van der Waals surface area contributed by atoms with Gasteiger partial charge in [-0.2, -0.15) is 4.98 Å². The molecule has 0 aliphatic heterocycles. The number of rotatable bonds is 3. The van der Waals surface area contributed by atoms with Crippen LogP contribution < -0.4 is 10.9 Å². The number of hydrogen-bond donors (Lipinski definition) is 1. The van der Waals surface area contributed by atoms with Crippen LogP contribution in [0.3, 0.4) is 0 Å². The average Bonchev–Trinajstić information content (AvgIpc) is 2.64. The van der Waals surface area contributed by atoms with E-state index in [9.17, 15) is 4.79 Å². The van der Waals surface area contributed by atoms with Crippen molar-refractivity contribution in [3.63, 3.8) is 0 Å². The maximum atomic E-state index is 13.1. The Hall–Kier alpha value is -3.54. The van der Waals surface area contributed by atoms with Crippen LogP contribution in [0.25, 0.3) is 16.7 Å². The summed E-state index contributed by atoms with van der Waals surface area (Å²) >= 11 is 0. The van der Waals surface area contributed by atoms with E-state index < -0.39 is 0 Å². The summed E-state index contributed by atoms with van der Waals surface area (Å²) in [4.78, 5) is 26.1. The van der Waals surface area contributed by atoms with Crippen molar-refractivity contribution >= 4 is 22.7 Å². The van der Waals surface area contributed by atoms with E-state index in [1.54, 1.807) is 23.2 Å². The quantitative estimate of drug-likeness (QED) is 0.625. The first-order chi connectivity index (χ1) is 12.2. The van der Waals surface area contributed by atoms with E-state index in [1.165, 1.54) is 0 Å². The van der Waals surface area contributed by atoms with Crippen molar-refractivity contribution in [1.29, 1.82) is 0 Å². The van der Waals surface area contributed by atoms with Gasteiger partial charge in [0.05, 0.1) is 23.0 Å². The van der Waals surface area contributed by atoms with Crippen LogP contribution in [0, 0.1) is 6.92 Å². The van der Waals surface area contributed by atoms with Gasteiger partial charge in [0.2, 0.25) is 5.95 Å². The molecule has 0 radical (unpaired) electrons. The molecule has 4 aromatic rings. The Morgan fingerprint density at radius 1 is 1.04 bits per heavy atom. The molecule has 0 amide bonds. The number of benzene rings is 1. The molecule has 0 fully saturated rings. The van der Waals surface area contributed by atoms with E-state index in [0.29, 0.717) is 17.0 Å². The Bertz CT molecular complexity index is 1090. The van der Waals surface area contributed by atoms with Crippen LogP contribution in [-0.2, 0) is 0 Å². The van der Waals surface area contributed by atoms with Gasteiger partial charge in [-0.25, -0.2) is 9.55 Å². The number of nitrogens with zero attached hydrogens (tertiary/aromatic N) is 4. The van der Waals surface area contributed by atoms with Gasteiger partial charge >= 0.3 is 0 Å². The van der Waals surface area contributed by atoms with E-state index >= 15 is 0 Å². The molecule has 0 unspecified atom stereocenters. The minimum Gasteiger partial charge on any atom is -0.324 e. The fourth-order valence-corrected chi connectivity index (χ4v) is 2.64. The molecule has 0 spiro atoms. The Morgan fingerprint density at radius 2 is 1.88 bits per heavy atom. The van der Waals surface area contributed by atoms with Gasteiger partial charge in [0, 0.05) is 12.4 Å². The second-order valence-corrected chi connectivity index (χ2v) is 5.66. The fourth-order valence-electron chi connectivity index (χ4n) is 2.64. The SMILES string of the molecule is Cc1cnc2nc(Nc3cccnc3)n(-c3ccccc3)c(=O)c2c1. The smallest absolute Gasteiger partial charge is 0.269 e. The molecule has 6 heteroatoms. The van der Waals surface area contributed by atoms with Crippen molar-refractivity contribution < 1.29 is 0 Å². The van der Waals surface area contributed by atoms with Crippen LogP contribution in [-0.4, -0.2) is 19.5 Å². The van der Waals surface area contributed by atoms with Gasteiger partial charge in [-0.05, 0) is 42.8 Å². The van der Waals surface area contributed by atoms with E-state index in [4.69, 9.17) is 0 Å². The molecule has 0 saturated heterocycles. The Kier molecular flexibility index (Phi) is 3.70. The minimum atomic E-state index is -0.168. The third-order valence-corrected chi connectivity index (χ3v) is 3.79.